The predicted molar refractivity (Wildman–Crippen MR) is 166 cm³/mol. The summed E-state index contributed by atoms with van der Waals surface area (Å²) in [7, 11) is -2.15. The SMILES string of the molecule is COc1c(NC(=O)c2ccc(C)c(N3C=C(c4cnc5n4CCC5(C)C)NN3)c2)cc(C(C)(C)C)cc1NS(C)(=O)=O. The van der Waals surface area contributed by atoms with Crippen LogP contribution in [0.15, 0.2) is 42.7 Å². The van der Waals surface area contributed by atoms with E-state index in [-0.39, 0.29) is 28.2 Å². The van der Waals surface area contributed by atoms with E-state index in [1.54, 1.807) is 18.2 Å². The van der Waals surface area contributed by atoms with Gasteiger partial charge in [-0.1, -0.05) is 40.7 Å². The van der Waals surface area contributed by atoms with Gasteiger partial charge in [0.1, 0.15) is 5.82 Å². The second-order valence-corrected chi connectivity index (χ2v) is 14.3. The van der Waals surface area contributed by atoms with Crippen LogP contribution in [0.1, 0.15) is 74.0 Å². The van der Waals surface area contributed by atoms with E-state index in [9.17, 15) is 13.2 Å². The Bertz CT molecular complexity index is 1700. The first-order chi connectivity index (χ1) is 19.6. The molecule has 0 bridgehead atoms. The average Bonchev–Trinajstić information content (AvgIpc) is 3.60. The molecule has 0 aliphatic carbocycles. The Morgan fingerprint density at radius 3 is 2.52 bits per heavy atom. The maximum absolute atomic E-state index is 13.6. The smallest absolute Gasteiger partial charge is 0.255 e. The van der Waals surface area contributed by atoms with Gasteiger partial charge in [0.25, 0.3) is 5.91 Å². The third-order valence-corrected chi connectivity index (χ3v) is 8.29. The Kier molecular flexibility index (Phi) is 7.26. The Hall–Kier alpha value is -4.03. The van der Waals surface area contributed by atoms with Crippen LogP contribution < -0.4 is 30.7 Å². The predicted octanol–water partition coefficient (Wildman–Crippen LogP) is 4.63. The minimum atomic E-state index is -3.59. The number of carbonyl (C=O) groups excluding carboxylic acids is 1. The molecule has 2 aliphatic heterocycles. The van der Waals surface area contributed by atoms with Gasteiger partial charge < -0.3 is 14.6 Å². The molecule has 0 atom stereocenters. The fraction of sp³-hybridized carbons (Fsp3) is 0.400. The molecule has 0 saturated heterocycles. The van der Waals surface area contributed by atoms with Crippen LogP contribution >= 0.6 is 0 Å². The average molecular weight is 594 g/mol. The van der Waals surface area contributed by atoms with Crippen molar-refractivity contribution in [2.24, 2.45) is 0 Å². The van der Waals surface area contributed by atoms with Crippen LogP contribution in [-0.4, -0.2) is 37.2 Å². The van der Waals surface area contributed by atoms with Crippen molar-refractivity contribution < 1.29 is 17.9 Å². The normalized spacial score (nSPS) is 16.1. The van der Waals surface area contributed by atoms with Gasteiger partial charge in [0.15, 0.2) is 5.75 Å². The van der Waals surface area contributed by atoms with E-state index in [2.05, 4.69) is 44.4 Å². The summed E-state index contributed by atoms with van der Waals surface area (Å²) in [4.78, 5) is 18.3. The number of aryl methyl sites for hydroxylation is 1. The number of aromatic nitrogens is 2. The highest BCUT2D eigenvalue weighted by molar-refractivity contribution is 7.92. The molecular formula is C30H39N7O4S. The first-order valence-electron chi connectivity index (χ1n) is 13.8. The van der Waals surface area contributed by atoms with E-state index in [0.29, 0.717) is 11.3 Å². The number of nitrogens with zero attached hydrogens (tertiary/aromatic N) is 3. The zero-order valence-corrected chi connectivity index (χ0v) is 26.2. The van der Waals surface area contributed by atoms with Crippen molar-refractivity contribution in [3.63, 3.8) is 0 Å². The Morgan fingerprint density at radius 2 is 1.86 bits per heavy atom. The molecule has 42 heavy (non-hydrogen) atoms. The number of ether oxygens (including phenoxy) is 1. The number of rotatable bonds is 7. The third kappa shape index (κ3) is 5.68. The minimum absolute atomic E-state index is 0.0412. The summed E-state index contributed by atoms with van der Waals surface area (Å²) in [6.45, 7) is 13.3. The van der Waals surface area contributed by atoms with Gasteiger partial charge in [0, 0.05) is 17.5 Å². The summed E-state index contributed by atoms with van der Waals surface area (Å²) < 4.78 is 34.5. The van der Waals surface area contributed by atoms with E-state index in [1.807, 2.05) is 57.2 Å². The zero-order chi connectivity index (χ0) is 30.6. The van der Waals surface area contributed by atoms with Crippen LogP contribution in [0.3, 0.4) is 0 Å². The Labute approximate surface area is 247 Å². The number of methoxy groups -OCH3 is 1. The summed E-state index contributed by atoms with van der Waals surface area (Å²) >= 11 is 0. The lowest BCUT2D eigenvalue weighted by Gasteiger charge is -2.24. The molecule has 5 rings (SSSR count). The number of fused-ring (bicyclic) bond motifs is 1. The van der Waals surface area contributed by atoms with Crippen molar-refractivity contribution in [2.75, 3.05) is 28.4 Å². The molecule has 0 fully saturated rings. The first-order valence-corrected chi connectivity index (χ1v) is 15.7. The van der Waals surface area contributed by atoms with Crippen LogP contribution in [0.25, 0.3) is 5.70 Å². The quantitative estimate of drug-likeness (QED) is 0.312. The molecule has 4 N–H and O–H groups in total. The topological polar surface area (TPSA) is 130 Å². The van der Waals surface area contributed by atoms with Crippen molar-refractivity contribution in [2.45, 2.75) is 65.3 Å². The standard InChI is InChI=1S/C30H39N7O4S/c1-18-9-10-19(13-24(18)37-17-23(33-35-37)25-16-31-28-30(5,6)11-12-36(25)28)27(38)32-21-14-20(29(2,3)4)15-22(26(21)41-7)34-42(8,39)40/h9-10,13-17,33-35H,11-12H2,1-8H3,(H,32,38). The first kappa shape index (κ1) is 29.5. The van der Waals surface area contributed by atoms with Gasteiger partial charge in [-0.05, 0) is 54.2 Å². The molecule has 11 nitrogen and oxygen atoms in total. The van der Waals surface area contributed by atoms with Crippen molar-refractivity contribution in [3.8, 4) is 5.75 Å². The lowest BCUT2D eigenvalue weighted by Crippen LogP contribution is -2.36. The molecule has 12 heteroatoms. The molecular weight excluding hydrogens is 554 g/mol. The van der Waals surface area contributed by atoms with Gasteiger partial charge in [0.2, 0.25) is 10.0 Å². The number of hydrazine groups is 2. The zero-order valence-electron chi connectivity index (χ0n) is 25.3. The molecule has 1 aromatic heterocycles. The number of amides is 1. The molecule has 224 valence electrons. The lowest BCUT2D eigenvalue weighted by molar-refractivity contribution is 0.102. The Morgan fingerprint density at radius 1 is 1.14 bits per heavy atom. The summed E-state index contributed by atoms with van der Waals surface area (Å²) in [5, 5.41) is 4.78. The second-order valence-electron chi connectivity index (χ2n) is 12.6. The van der Waals surface area contributed by atoms with Crippen LogP contribution in [0.2, 0.25) is 0 Å². The van der Waals surface area contributed by atoms with Crippen molar-refractivity contribution >= 4 is 38.7 Å². The molecule has 0 saturated carbocycles. The molecule has 3 aromatic rings. The number of hydrogen-bond acceptors (Lipinski definition) is 8. The summed E-state index contributed by atoms with van der Waals surface area (Å²) in [6.07, 6.45) is 5.96. The largest absolute Gasteiger partial charge is 0.492 e. The maximum atomic E-state index is 13.6. The molecule has 2 aliphatic rings. The highest BCUT2D eigenvalue weighted by Crippen LogP contribution is 2.40. The van der Waals surface area contributed by atoms with Gasteiger partial charge in [-0.15, -0.1) is 5.53 Å². The summed E-state index contributed by atoms with van der Waals surface area (Å²) in [6, 6.07) is 8.98. The highest BCUT2D eigenvalue weighted by atomic mass is 32.2. The van der Waals surface area contributed by atoms with E-state index >= 15 is 0 Å². The van der Waals surface area contributed by atoms with Gasteiger partial charge in [-0.2, -0.15) is 0 Å². The van der Waals surface area contributed by atoms with Gasteiger partial charge in [0.05, 0.1) is 54.2 Å². The fourth-order valence-electron chi connectivity index (χ4n) is 5.29. The summed E-state index contributed by atoms with van der Waals surface area (Å²) in [5.74, 6) is 0.941. The van der Waals surface area contributed by atoms with Gasteiger partial charge in [-0.25, -0.2) is 13.4 Å². The molecule has 0 radical (unpaired) electrons. The van der Waals surface area contributed by atoms with Crippen molar-refractivity contribution in [1.82, 2.24) is 20.5 Å². The van der Waals surface area contributed by atoms with Crippen molar-refractivity contribution in [1.29, 1.82) is 0 Å². The lowest BCUT2D eigenvalue weighted by atomic mass is 9.86. The van der Waals surface area contributed by atoms with Crippen LogP contribution in [0.4, 0.5) is 17.1 Å². The maximum Gasteiger partial charge on any atom is 0.255 e. The van der Waals surface area contributed by atoms with Crippen LogP contribution in [0.5, 0.6) is 5.75 Å². The number of imidazole rings is 1. The monoisotopic (exact) mass is 593 g/mol. The molecule has 0 unspecified atom stereocenters. The van der Waals surface area contributed by atoms with E-state index < -0.39 is 10.0 Å². The number of nitrogens with one attached hydrogen (secondary N) is 4. The number of sulfonamides is 1. The van der Waals surface area contributed by atoms with Crippen LogP contribution in [0, 0.1) is 6.92 Å². The molecule has 1 amide bonds. The fourth-order valence-corrected chi connectivity index (χ4v) is 5.84. The highest BCUT2D eigenvalue weighted by Gasteiger charge is 2.34. The number of benzene rings is 2. The third-order valence-electron chi connectivity index (χ3n) is 7.70. The second kappa shape index (κ2) is 10.4. The van der Waals surface area contributed by atoms with Gasteiger partial charge in [-0.3, -0.25) is 20.0 Å². The number of anilines is 3. The molecule has 2 aromatic carbocycles. The minimum Gasteiger partial charge on any atom is -0.492 e. The molecule has 3 heterocycles. The van der Waals surface area contributed by atoms with Gasteiger partial charge >= 0.3 is 0 Å². The Balaban J connectivity index is 1.45. The van der Waals surface area contributed by atoms with Crippen molar-refractivity contribution in [3.05, 3.63) is 70.9 Å². The van der Waals surface area contributed by atoms with E-state index in [1.165, 1.54) is 7.11 Å². The van der Waals surface area contributed by atoms with E-state index in [4.69, 9.17) is 4.74 Å². The number of hydrogen-bond donors (Lipinski definition) is 4. The summed E-state index contributed by atoms with van der Waals surface area (Å²) in [5.41, 5.74) is 11.7. The number of carbonyl (C=O) groups is 1. The van der Waals surface area contributed by atoms with Crippen LogP contribution in [-0.2, 0) is 27.4 Å². The van der Waals surface area contributed by atoms with E-state index in [0.717, 1.165) is 53.3 Å². The molecule has 0 spiro atoms.